The number of para-hydroxylation sites is 2. The zero-order valence-corrected chi connectivity index (χ0v) is 19.7. The lowest BCUT2D eigenvalue weighted by Crippen LogP contribution is -2.29. The van der Waals surface area contributed by atoms with E-state index in [0.717, 1.165) is 15.8 Å². The third-order valence-corrected chi connectivity index (χ3v) is 7.12. The first kappa shape index (κ1) is 21.9. The second kappa shape index (κ2) is 8.87. The number of ketones is 1. The quantitative estimate of drug-likeness (QED) is 0.164. The number of anilines is 1. The number of benzene rings is 3. The number of carbonyl (C=O) groups is 2. The first-order valence-corrected chi connectivity index (χ1v) is 12.2. The lowest BCUT2D eigenvalue weighted by molar-refractivity contribution is -0.132. The highest BCUT2D eigenvalue weighted by molar-refractivity contribution is 7.10. The Morgan fingerprint density at radius 1 is 0.861 bits per heavy atom. The Bertz CT molecular complexity index is 1600. The summed E-state index contributed by atoms with van der Waals surface area (Å²) in [5, 5.41) is 14.0. The fourth-order valence-corrected chi connectivity index (χ4v) is 5.35. The molecule has 7 heteroatoms. The standard InChI is InChI=1S/C29H20N2O4S/c32-27(22-17-30-23-10-5-4-9-21(22)23)25-26(24-11-6-16-36-24)31(29(34)28(25)33)18-12-14-20(15-13-18)35-19-7-2-1-3-8-19/h1-17,26,30,32H/b27-25-. The van der Waals surface area contributed by atoms with Crippen LogP contribution in [0.2, 0.25) is 0 Å². The van der Waals surface area contributed by atoms with Gasteiger partial charge in [-0.3, -0.25) is 14.5 Å². The molecule has 2 N–H and O–H groups in total. The molecule has 0 bridgehead atoms. The summed E-state index contributed by atoms with van der Waals surface area (Å²) in [5.74, 6) is -0.306. The molecule has 1 aliphatic heterocycles. The molecule has 0 saturated carbocycles. The Balaban J connectivity index is 1.43. The minimum Gasteiger partial charge on any atom is -0.507 e. The molecular weight excluding hydrogens is 472 g/mol. The number of rotatable bonds is 5. The van der Waals surface area contributed by atoms with Crippen molar-refractivity contribution in [2.75, 3.05) is 4.90 Å². The summed E-state index contributed by atoms with van der Waals surface area (Å²) >= 11 is 1.43. The molecule has 0 aliphatic carbocycles. The number of hydrogen-bond acceptors (Lipinski definition) is 5. The predicted molar refractivity (Wildman–Crippen MR) is 140 cm³/mol. The van der Waals surface area contributed by atoms with E-state index >= 15 is 0 Å². The largest absolute Gasteiger partial charge is 0.507 e. The van der Waals surface area contributed by atoms with E-state index in [1.165, 1.54) is 16.2 Å². The van der Waals surface area contributed by atoms with Crippen molar-refractivity contribution >= 4 is 45.4 Å². The number of nitrogens with one attached hydrogen (secondary N) is 1. The number of carbonyl (C=O) groups excluding carboxylic acids is 2. The van der Waals surface area contributed by atoms with Gasteiger partial charge in [-0.25, -0.2) is 0 Å². The molecule has 6 nitrogen and oxygen atoms in total. The van der Waals surface area contributed by atoms with Crippen LogP contribution in [0.15, 0.2) is 108 Å². The molecule has 1 fully saturated rings. The van der Waals surface area contributed by atoms with Gasteiger partial charge in [-0.05, 0) is 53.9 Å². The van der Waals surface area contributed by atoms with Crippen LogP contribution in [0.4, 0.5) is 5.69 Å². The molecule has 1 aliphatic rings. The van der Waals surface area contributed by atoms with Crippen LogP contribution in [0.5, 0.6) is 11.5 Å². The monoisotopic (exact) mass is 492 g/mol. The fraction of sp³-hybridized carbons (Fsp3) is 0.0345. The second-order valence-corrected chi connectivity index (χ2v) is 9.32. The Labute approximate surface area is 210 Å². The fourth-order valence-electron chi connectivity index (χ4n) is 4.53. The molecule has 0 spiro atoms. The normalized spacial score (nSPS) is 17.1. The third kappa shape index (κ3) is 3.66. The van der Waals surface area contributed by atoms with Crippen molar-refractivity contribution in [1.82, 2.24) is 4.98 Å². The Kier molecular flexibility index (Phi) is 5.39. The number of aromatic nitrogens is 1. The van der Waals surface area contributed by atoms with Gasteiger partial charge in [-0.1, -0.05) is 42.5 Å². The lowest BCUT2D eigenvalue weighted by atomic mass is 9.99. The van der Waals surface area contributed by atoms with Crippen LogP contribution < -0.4 is 9.64 Å². The topological polar surface area (TPSA) is 82.6 Å². The first-order valence-electron chi connectivity index (χ1n) is 11.4. The van der Waals surface area contributed by atoms with E-state index in [9.17, 15) is 14.7 Å². The van der Waals surface area contributed by atoms with Crippen molar-refractivity contribution in [3.05, 3.63) is 119 Å². The van der Waals surface area contributed by atoms with Crippen molar-refractivity contribution in [2.24, 2.45) is 0 Å². The van der Waals surface area contributed by atoms with Gasteiger partial charge in [0.15, 0.2) is 0 Å². The summed E-state index contributed by atoms with van der Waals surface area (Å²) in [6, 6.07) is 26.9. The number of aliphatic hydroxyl groups is 1. The van der Waals surface area contributed by atoms with Crippen LogP contribution in [0.3, 0.4) is 0 Å². The lowest BCUT2D eigenvalue weighted by Gasteiger charge is -2.24. The van der Waals surface area contributed by atoms with Gasteiger partial charge in [-0.15, -0.1) is 11.3 Å². The number of aliphatic hydroxyl groups excluding tert-OH is 1. The number of Topliss-reactive ketones (excluding diaryl/α,β-unsaturated/α-hetero) is 1. The number of H-pyrrole nitrogens is 1. The number of amides is 1. The number of thiophene rings is 1. The number of aromatic amines is 1. The number of hydrogen-bond donors (Lipinski definition) is 2. The summed E-state index contributed by atoms with van der Waals surface area (Å²) in [4.78, 5) is 32.0. The van der Waals surface area contributed by atoms with Crippen LogP contribution in [0.1, 0.15) is 16.5 Å². The van der Waals surface area contributed by atoms with Crippen LogP contribution >= 0.6 is 11.3 Å². The van der Waals surface area contributed by atoms with E-state index in [2.05, 4.69) is 4.98 Å². The van der Waals surface area contributed by atoms with Crippen molar-refractivity contribution < 1.29 is 19.4 Å². The van der Waals surface area contributed by atoms with Crippen molar-refractivity contribution in [3.8, 4) is 11.5 Å². The highest BCUT2D eigenvalue weighted by atomic mass is 32.1. The Morgan fingerprint density at radius 3 is 2.33 bits per heavy atom. The maximum atomic E-state index is 13.3. The molecule has 6 rings (SSSR count). The van der Waals surface area contributed by atoms with E-state index < -0.39 is 17.7 Å². The SMILES string of the molecule is O=C1C(=O)N(c2ccc(Oc3ccccc3)cc2)C(c2cccs2)/C1=C(/O)c1c[nH]c2ccccc12. The van der Waals surface area contributed by atoms with Gasteiger partial charge in [0.2, 0.25) is 0 Å². The third-order valence-electron chi connectivity index (χ3n) is 6.20. The van der Waals surface area contributed by atoms with Crippen LogP contribution in [0, 0.1) is 0 Å². The molecular formula is C29H20N2O4S. The average molecular weight is 493 g/mol. The van der Waals surface area contributed by atoms with E-state index in [1.54, 1.807) is 30.5 Å². The smallest absolute Gasteiger partial charge is 0.300 e. The molecule has 2 aromatic heterocycles. The van der Waals surface area contributed by atoms with E-state index in [-0.39, 0.29) is 11.3 Å². The maximum Gasteiger partial charge on any atom is 0.300 e. The highest BCUT2D eigenvalue weighted by Crippen LogP contribution is 2.44. The molecule has 3 heterocycles. The van der Waals surface area contributed by atoms with Crippen molar-refractivity contribution in [2.45, 2.75) is 6.04 Å². The number of ether oxygens (including phenoxy) is 1. The number of nitrogens with zero attached hydrogens (tertiary/aromatic N) is 1. The summed E-state index contributed by atoms with van der Waals surface area (Å²) in [6.45, 7) is 0. The molecule has 3 aromatic carbocycles. The van der Waals surface area contributed by atoms with Crippen LogP contribution in [-0.2, 0) is 9.59 Å². The average Bonchev–Trinajstić information content (AvgIpc) is 3.64. The molecule has 0 radical (unpaired) electrons. The molecule has 36 heavy (non-hydrogen) atoms. The molecule has 1 unspecified atom stereocenters. The Morgan fingerprint density at radius 2 is 1.58 bits per heavy atom. The highest BCUT2D eigenvalue weighted by Gasteiger charge is 2.47. The molecule has 176 valence electrons. The van der Waals surface area contributed by atoms with Crippen LogP contribution in [-0.4, -0.2) is 21.8 Å². The molecule has 5 aromatic rings. The zero-order valence-electron chi connectivity index (χ0n) is 18.9. The summed E-state index contributed by atoms with van der Waals surface area (Å²) < 4.78 is 5.87. The van der Waals surface area contributed by atoms with E-state index in [0.29, 0.717) is 22.7 Å². The van der Waals surface area contributed by atoms with Crippen molar-refractivity contribution in [3.63, 3.8) is 0 Å². The predicted octanol–water partition coefficient (Wildman–Crippen LogP) is 6.65. The molecule has 1 amide bonds. The second-order valence-electron chi connectivity index (χ2n) is 8.34. The van der Waals surface area contributed by atoms with Gasteiger partial charge >= 0.3 is 0 Å². The van der Waals surface area contributed by atoms with Gasteiger partial charge in [0.1, 0.15) is 23.3 Å². The van der Waals surface area contributed by atoms with Crippen molar-refractivity contribution in [1.29, 1.82) is 0 Å². The van der Waals surface area contributed by atoms with E-state index in [1.807, 2.05) is 72.1 Å². The summed E-state index contributed by atoms with van der Waals surface area (Å²) in [6.07, 6.45) is 1.66. The number of fused-ring (bicyclic) bond motifs is 1. The van der Waals surface area contributed by atoms with Gasteiger partial charge in [-0.2, -0.15) is 0 Å². The van der Waals surface area contributed by atoms with Gasteiger partial charge in [0, 0.05) is 33.2 Å². The van der Waals surface area contributed by atoms with Gasteiger partial charge < -0.3 is 14.8 Å². The minimum atomic E-state index is -0.750. The minimum absolute atomic E-state index is 0.0665. The Hall–Kier alpha value is -4.62. The first-order chi connectivity index (χ1) is 17.6. The van der Waals surface area contributed by atoms with Gasteiger partial charge in [0.25, 0.3) is 11.7 Å². The van der Waals surface area contributed by atoms with Crippen LogP contribution in [0.25, 0.3) is 16.7 Å². The summed E-state index contributed by atoms with van der Waals surface area (Å²) in [7, 11) is 0. The molecule has 1 saturated heterocycles. The zero-order chi connectivity index (χ0) is 24.6. The van der Waals surface area contributed by atoms with E-state index in [4.69, 9.17) is 4.74 Å². The molecule has 1 atom stereocenters. The van der Waals surface area contributed by atoms with Gasteiger partial charge in [0.05, 0.1) is 5.57 Å². The summed E-state index contributed by atoms with van der Waals surface area (Å²) in [5.41, 5.74) is 1.91. The maximum absolute atomic E-state index is 13.3.